The normalized spacial score (nSPS) is 12.7. The molecule has 0 radical (unpaired) electrons. The van der Waals surface area contributed by atoms with Gasteiger partial charge in [-0.25, -0.2) is 4.79 Å². The average Bonchev–Trinajstić information content (AvgIpc) is 2.93. The summed E-state index contributed by atoms with van der Waals surface area (Å²) in [5.74, 6) is -1.71. The molecule has 0 bridgehead atoms. The van der Waals surface area contributed by atoms with Gasteiger partial charge in [0, 0.05) is 10.6 Å². The molecule has 26 heavy (non-hydrogen) atoms. The number of hydrogen-bond donors (Lipinski definition) is 1. The number of benzene rings is 1. The fourth-order valence-corrected chi connectivity index (χ4v) is 2.54. The van der Waals surface area contributed by atoms with Crippen molar-refractivity contribution in [2.75, 3.05) is 0 Å². The lowest BCUT2D eigenvalue weighted by molar-refractivity contribution is -0.389. The van der Waals surface area contributed by atoms with Crippen molar-refractivity contribution in [1.82, 2.24) is 9.78 Å². The molecule has 0 saturated heterocycles. The summed E-state index contributed by atoms with van der Waals surface area (Å²) in [5.41, 5.74) is 6.68. The molecule has 2 rings (SSSR count). The first-order chi connectivity index (χ1) is 12.2. The van der Waals surface area contributed by atoms with Crippen LogP contribution in [0.1, 0.15) is 18.2 Å². The number of rotatable bonds is 6. The number of carbonyl (C=O) groups excluding carboxylic acids is 1. The maximum Gasteiger partial charge on any atom is 0.390 e. The third-order valence-corrected chi connectivity index (χ3v) is 3.99. The van der Waals surface area contributed by atoms with Crippen molar-refractivity contribution in [3.8, 4) is 0 Å². The fourth-order valence-electron chi connectivity index (χ4n) is 2.03. The number of nitro groups is 1. The van der Waals surface area contributed by atoms with Crippen molar-refractivity contribution in [1.29, 1.82) is 0 Å². The van der Waals surface area contributed by atoms with Gasteiger partial charge in [0.2, 0.25) is 0 Å². The van der Waals surface area contributed by atoms with Gasteiger partial charge < -0.3 is 20.7 Å². The molecule has 2 aromatic rings. The third kappa shape index (κ3) is 4.70. The highest BCUT2D eigenvalue weighted by Gasteiger charge is 2.22. The standard InChI is InChI=1S/C15H15Cl2N5O4/c1-8(7-21-9(2)5-13(19-21)22(24)25)15(23)26-20-14(18)11-4-3-10(16)6-12(11)17/h3-6,8H,7H2,1-2H3,(H2,18,20). The van der Waals surface area contributed by atoms with Crippen LogP contribution in [0.4, 0.5) is 5.82 Å². The summed E-state index contributed by atoms with van der Waals surface area (Å²) in [5, 5.41) is 18.8. The van der Waals surface area contributed by atoms with Crippen molar-refractivity contribution >= 4 is 40.8 Å². The number of aromatic nitrogens is 2. The molecule has 1 aromatic heterocycles. The number of amidine groups is 1. The molecule has 11 heteroatoms. The number of halogens is 2. The van der Waals surface area contributed by atoms with E-state index in [4.69, 9.17) is 33.8 Å². The molecular weight excluding hydrogens is 385 g/mol. The Hall–Kier alpha value is -2.65. The Bertz CT molecular complexity index is 881. The minimum absolute atomic E-state index is 0.0851. The maximum atomic E-state index is 12.1. The molecule has 9 nitrogen and oxygen atoms in total. The van der Waals surface area contributed by atoms with E-state index in [1.165, 1.54) is 16.8 Å². The van der Waals surface area contributed by atoms with E-state index in [0.29, 0.717) is 16.3 Å². The second kappa shape index (κ2) is 8.15. The summed E-state index contributed by atoms with van der Waals surface area (Å²) >= 11 is 11.8. The second-order valence-corrected chi connectivity index (χ2v) is 6.34. The summed E-state index contributed by atoms with van der Waals surface area (Å²) < 4.78 is 1.35. The van der Waals surface area contributed by atoms with E-state index in [0.717, 1.165) is 0 Å². The SMILES string of the molecule is Cc1cc([N+](=O)[O-])nn1CC(C)C(=O)O/N=C(\N)c1ccc(Cl)cc1Cl. The van der Waals surface area contributed by atoms with Crippen LogP contribution in [0.5, 0.6) is 0 Å². The lowest BCUT2D eigenvalue weighted by atomic mass is 10.2. The van der Waals surface area contributed by atoms with Gasteiger partial charge in [-0.3, -0.25) is 0 Å². The van der Waals surface area contributed by atoms with Crippen LogP contribution in [-0.2, 0) is 16.2 Å². The summed E-state index contributed by atoms with van der Waals surface area (Å²) in [6.07, 6.45) is 0. The van der Waals surface area contributed by atoms with Crippen molar-refractivity contribution in [3.05, 3.63) is 55.7 Å². The van der Waals surface area contributed by atoms with Crippen molar-refractivity contribution in [3.63, 3.8) is 0 Å². The summed E-state index contributed by atoms with van der Waals surface area (Å²) in [7, 11) is 0. The number of carbonyl (C=O) groups is 1. The lowest BCUT2D eigenvalue weighted by Crippen LogP contribution is -2.22. The van der Waals surface area contributed by atoms with Gasteiger partial charge >= 0.3 is 11.8 Å². The highest BCUT2D eigenvalue weighted by atomic mass is 35.5. The van der Waals surface area contributed by atoms with E-state index in [2.05, 4.69) is 10.3 Å². The molecule has 2 N–H and O–H groups in total. The smallest absolute Gasteiger partial charge is 0.380 e. The summed E-state index contributed by atoms with van der Waals surface area (Å²) in [6, 6.07) is 5.92. The first-order valence-electron chi connectivity index (χ1n) is 7.37. The molecule has 1 aromatic carbocycles. The van der Waals surface area contributed by atoms with Gasteiger partial charge in [-0.15, -0.1) is 0 Å². The number of oxime groups is 1. The molecule has 0 aliphatic heterocycles. The van der Waals surface area contributed by atoms with Crippen LogP contribution in [0.3, 0.4) is 0 Å². The fraction of sp³-hybridized carbons (Fsp3) is 0.267. The third-order valence-electron chi connectivity index (χ3n) is 3.45. The van der Waals surface area contributed by atoms with E-state index in [1.807, 2.05) is 0 Å². The molecule has 1 atom stereocenters. The van der Waals surface area contributed by atoms with Gasteiger partial charge in [-0.05, 0) is 37.0 Å². The zero-order valence-electron chi connectivity index (χ0n) is 13.8. The minimum atomic E-state index is -0.671. The molecule has 1 unspecified atom stereocenters. The van der Waals surface area contributed by atoms with E-state index in [9.17, 15) is 14.9 Å². The largest absolute Gasteiger partial charge is 0.390 e. The lowest BCUT2D eigenvalue weighted by Gasteiger charge is -2.08. The first kappa shape index (κ1) is 19.7. The molecule has 0 aliphatic rings. The summed E-state index contributed by atoms with van der Waals surface area (Å²) in [6.45, 7) is 3.32. The molecule has 0 fully saturated rings. The molecule has 0 amide bonds. The van der Waals surface area contributed by atoms with Gasteiger partial charge in [0.1, 0.15) is 0 Å². The number of hydrogen-bond acceptors (Lipinski definition) is 6. The zero-order chi connectivity index (χ0) is 19.4. The Morgan fingerprint density at radius 1 is 1.46 bits per heavy atom. The van der Waals surface area contributed by atoms with Crippen molar-refractivity contribution in [2.24, 2.45) is 16.8 Å². The predicted octanol–water partition coefficient (Wildman–Crippen LogP) is 2.91. The highest BCUT2D eigenvalue weighted by Crippen LogP contribution is 2.21. The van der Waals surface area contributed by atoms with E-state index < -0.39 is 16.8 Å². The monoisotopic (exact) mass is 399 g/mol. The van der Waals surface area contributed by atoms with Gasteiger partial charge in [0.25, 0.3) is 0 Å². The van der Waals surface area contributed by atoms with E-state index in [-0.39, 0.29) is 23.2 Å². The van der Waals surface area contributed by atoms with Crippen LogP contribution < -0.4 is 5.73 Å². The molecule has 0 spiro atoms. The van der Waals surface area contributed by atoms with Crippen molar-refractivity contribution < 1.29 is 14.6 Å². The van der Waals surface area contributed by atoms with E-state index in [1.54, 1.807) is 26.0 Å². The van der Waals surface area contributed by atoms with E-state index >= 15 is 0 Å². The van der Waals surface area contributed by atoms with Gasteiger partial charge in [0.05, 0.1) is 34.3 Å². The Kier molecular flexibility index (Phi) is 6.17. The zero-order valence-corrected chi connectivity index (χ0v) is 15.4. The van der Waals surface area contributed by atoms with Gasteiger partial charge in [0.15, 0.2) is 5.84 Å². The molecule has 1 heterocycles. The maximum absolute atomic E-state index is 12.1. The van der Waals surface area contributed by atoms with Crippen LogP contribution in [0, 0.1) is 23.0 Å². The van der Waals surface area contributed by atoms with Crippen molar-refractivity contribution in [2.45, 2.75) is 20.4 Å². The number of aryl methyl sites for hydroxylation is 1. The number of nitrogens with two attached hydrogens (primary N) is 1. The van der Waals surface area contributed by atoms with Crippen LogP contribution in [-0.4, -0.2) is 26.5 Å². The van der Waals surface area contributed by atoms with Crippen LogP contribution in [0.2, 0.25) is 10.0 Å². The van der Waals surface area contributed by atoms with Gasteiger partial charge in [-0.1, -0.05) is 28.4 Å². The Balaban J connectivity index is 2.03. The Labute approximate surface area is 158 Å². The highest BCUT2D eigenvalue weighted by molar-refractivity contribution is 6.36. The summed E-state index contributed by atoms with van der Waals surface area (Å²) in [4.78, 5) is 27.0. The predicted molar refractivity (Wildman–Crippen MR) is 96.1 cm³/mol. The topological polar surface area (TPSA) is 126 Å². The van der Waals surface area contributed by atoms with Crippen LogP contribution >= 0.6 is 23.2 Å². The molecule has 0 aliphatic carbocycles. The van der Waals surface area contributed by atoms with Gasteiger partial charge in [-0.2, -0.15) is 4.68 Å². The van der Waals surface area contributed by atoms with Crippen LogP contribution in [0.25, 0.3) is 0 Å². The molecule has 0 saturated carbocycles. The quantitative estimate of drug-likeness (QED) is 0.261. The average molecular weight is 400 g/mol. The Morgan fingerprint density at radius 3 is 2.73 bits per heavy atom. The minimum Gasteiger partial charge on any atom is -0.380 e. The van der Waals surface area contributed by atoms with Crippen LogP contribution in [0.15, 0.2) is 29.4 Å². The molecule has 138 valence electrons. The Morgan fingerprint density at radius 2 is 2.15 bits per heavy atom. The number of nitrogens with zero attached hydrogens (tertiary/aromatic N) is 4. The molecular formula is C15H15Cl2N5O4. The second-order valence-electron chi connectivity index (χ2n) is 5.50. The first-order valence-corrected chi connectivity index (χ1v) is 8.13.